The van der Waals surface area contributed by atoms with Gasteiger partial charge in [0, 0.05) is 42.5 Å². The zero-order chi connectivity index (χ0) is 15.5. The van der Waals surface area contributed by atoms with Gasteiger partial charge in [0.2, 0.25) is 0 Å². The molecule has 6 heteroatoms. The third kappa shape index (κ3) is 3.28. The van der Waals surface area contributed by atoms with Gasteiger partial charge in [-0.05, 0) is 19.1 Å². The third-order valence-electron chi connectivity index (χ3n) is 4.09. The molecule has 1 unspecified atom stereocenters. The number of carbonyl (C=O) groups is 1. The maximum Gasteiger partial charge on any atom is 0.307 e. The van der Waals surface area contributed by atoms with Crippen LogP contribution in [0.1, 0.15) is 17.8 Å². The Balaban J connectivity index is 1.76. The van der Waals surface area contributed by atoms with E-state index in [4.69, 9.17) is 9.72 Å². The summed E-state index contributed by atoms with van der Waals surface area (Å²) in [7, 11) is 1.45. The van der Waals surface area contributed by atoms with Crippen LogP contribution in [0.25, 0.3) is 5.65 Å². The molecule has 3 rings (SSSR count). The van der Waals surface area contributed by atoms with Gasteiger partial charge in [0.05, 0.1) is 19.2 Å². The Morgan fingerprint density at radius 3 is 3.14 bits per heavy atom. The SMILES string of the molecule is COC(=O)CC1CSCCN1Cc1cn2c(C)cccc2n1. The highest BCUT2D eigenvalue weighted by Gasteiger charge is 2.26. The quantitative estimate of drug-likeness (QED) is 0.808. The van der Waals surface area contributed by atoms with E-state index in [1.807, 2.05) is 23.9 Å². The predicted molar refractivity (Wildman–Crippen MR) is 88.1 cm³/mol. The number of aryl methyl sites for hydroxylation is 1. The van der Waals surface area contributed by atoms with Gasteiger partial charge < -0.3 is 9.14 Å². The molecular formula is C16H21N3O2S. The molecular weight excluding hydrogens is 298 g/mol. The van der Waals surface area contributed by atoms with E-state index in [0.717, 1.165) is 35.9 Å². The Morgan fingerprint density at radius 2 is 2.36 bits per heavy atom. The molecule has 1 saturated heterocycles. The smallest absolute Gasteiger partial charge is 0.307 e. The molecule has 1 fully saturated rings. The summed E-state index contributed by atoms with van der Waals surface area (Å²) in [5.41, 5.74) is 3.21. The summed E-state index contributed by atoms with van der Waals surface area (Å²) in [5, 5.41) is 0. The second-order valence-corrected chi connectivity index (χ2v) is 6.76. The minimum absolute atomic E-state index is 0.136. The van der Waals surface area contributed by atoms with Gasteiger partial charge in [0.15, 0.2) is 0 Å². The normalized spacial score (nSPS) is 19.5. The van der Waals surface area contributed by atoms with Crippen molar-refractivity contribution in [1.29, 1.82) is 0 Å². The number of hydrogen-bond donors (Lipinski definition) is 0. The highest BCUT2D eigenvalue weighted by molar-refractivity contribution is 7.99. The Bertz CT molecular complexity index is 670. The lowest BCUT2D eigenvalue weighted by Gasteiger charge is -2.34. The zero-order valence-electron chi connectivity index (χ0n) is 13.0. The van der Waals surface area contributed by atoms with Crippen LogP contribution in [0.15, 0.2) is 24.4 Å². The van der Waals surface area contributed by atoms with Crippen LogP contribution in [0, 0.1) is 6.92 Å². The van der Waals surface area contributed by atoms with Gasteiger partial charge in [-0.2, -0.15) is 11.8 Å². The van der Waals surface area contributed by atoms with Gasteiger partial charge >= 0.3 is 5.97 Å². The Hall–Kier alpha value is -1.53. The van der Waals surface area contributed by atoms with E-state index in [9.17, 15) is 4.79 Å². The molecule has 0 aliphatic carbocycles. The molecule has 2 aromatic heterocycles. The second-order valence-electron chi connectivity index (χ2n) is 5.61. The molecule has 0 N–H and O–H groups in total. The van der Waals surface area contributed by atoms with Crippen LogP contribution >= 0.6 is 11.8 Å². The van der Waals surface area contributed by atoms with E-state index in [1.165, 1.54) is 12.8 Å². The van der Waals surface area contributed by atoms with E-state index < -0.39 is 0 Å². The number of ether oxygens (including phenoxy) is 1. The molecule has 2 aromatic rings. The largest absolute Gasteiger partial charge is 0.469 e. The number of hydrogen-bond acceptors (Lipinski definition) is 5. The topological polar surface area (TPSA) is 46.8 Å². The zero-order valence-corrected chi connectivity index (χ0v) is 13.8. The molecule has 22 heavy (non-hydrogen) atoms. The number of methoxy groups -OCH3 is 1. The van der Waals surface area contributed by atoms with Crippen LogP contribution in [0.5, 0.6) is 0 Å². The minimum atomic E-state index is -0.136. The predicted octanol–water partition coefficient (Wildman–Crippen LogP) is 2.12. The fourth-order valence-corrected chi connectivity index (χ4v) is 3.98. The summed E-state index contributed by atoms with van der Waals surface area (Å²) in [4.78, 5) is 18.6. The molecule has 0 spiro atoms. The first-order valence-corrected chi connectivity index (χ1v) is 8.65. The van der Waals surface area contributed by atoms with Crippen LogP contribution in [0.3, 0.4) is 0 Å². The summed E-state index contributed by atoms with van der Waals surface area (Å²) >= 11 is 1.90. The molecule has 5 nitrogen and oxygen atoms in total. The van der Waals surface area contributed by atoms with Crippen LogP contribution in [-0.4, -0.2) is 51.5 Å². The van der Waals surface area contributed by atoms with Crippen molar-refractivity contribution >= 4 is 23.4 Å². The number of nitrogens with zero attached hydrogens (tertiary/aromatic N) is 3. The van der Waals surface area contributed by atoms with E-state index in [0.29, 0.717) is 6.42 Å². The van der Waals surface area contributed by atoms with Crippen molar-refractivity contribution in [2.45, 2.75) is 25.9 Å². The van der Waals surface area contributed by atoms with E-state index >= 15 is 0 Å². The third-order valence-corrected chi connectivity index (χ3v) is 5.18. The maximum absolute atomic E-state index is 11.6. The molecule has 3 heterocycles. The minimum Gasteiger partial charge on any atom is -0.469 e. The van der Waals surface area contributed by atoms with Crippen LogP contribution in [0.2, 0.25) is 0 Å². The first-order valence-electron chi connectivity index (χ1n) is 7.49. The summed E-state index contributed by atoms with van der Waals surface area (Å²) in [6.07, 6.45) is 2.55. The molecule has 0 aromatic carbocycles. The van der Waals surface area contributed by atoms with E-state index in [2.05, 4.69) is 28.5 Å². The summed E-state index contributed by atoms with van der Waals surface area (Å²) in [6, 6.07) is 6.36. The molecule has 0 radical (unpaired) electrons. The van der Waals surface area contributed by atoms with Crippen LogP contribution in [0.4, 0.5) is 0 Å². The average molecular weight is 319 g/mol. The lowest BCUT2D eigenvalue weighted by Crippen LogP contribution is -2.43. The Morgan fingerprint density at radius 1 is 1.50 bits per heavy atom. The molecule has 1 aliphatic heterocycles. The van der Waals surface area contributed by atoms with Gasteiger partial charge in [-0.25, -0.2) is 4.98 Å². The molecule has 0 saturated carbocycles. The van der Waals surface area contributed by atoms with Crippen molar-refractivity contribution in [1.82, 2.24) is 14.3 Å². The van der Waals surface area contributed by atoms with Gasteiger partial charge in [-0.3, -0.25) is 9.69 Å². The lowest BCUT2D eigenvalue weighted by molar-refractivity contribution is -0.141. The van der Waals surface area contributed by atoms with Gasteiger partial charge in [0.25, 0.3) is 0 Å². The Kier molecular flexibility index (Phi) is 4.69. The summed E-state index contributed by atoms with van der Waals surface area (Å²) < 4.78 is 6.94. The summed E-state index contributed by atoms with van der Waals surface area (Å²) in [6.45, 7) is 3.85. The number of esters is 1. The van der Waals surface area contributed by atoms with Crippen molar-refractivity contribution < 1.29 is 9.53 Å². The monoisotopic (exact) mass is 319 g/mol. The van der Waals surface area contributed by atoms with Crippen molar-refractivity contribution in [2.24, 2.45) is 0 Å². The van der Waals surface area contributed by atoms with Gasteiger partial charge in [0.1, 0.15) is 5.65 Å². The number of fused-ring (bicyclic) bond motifs is 1. The fraction of sp³-hybridized carbons (Fsp3) is 0.500. The lowest BCUT2D eigenvalue weighted by atomic mass is 10.2. The fourth-order valence-electron chi connectivity index (χ4n) is 2.84. The van der Waals surface area contributed by atoms with Crippen molar-refractivity contribution in [3.63, 3.8) is 0 Å². The standard InChI is InChI=1S/C16H21N3O2S/c1-12-4-3-5-15-17-13(10-19(12)15)9-18-6-7-22-11-14(18)8-16(20)21-2/h3-5,10,14H,6-9,11H2,1-2H3. The summed E-state index contributed by atoms with van der Waals surface area (Å²) in [5.74, 6) is 1.94. The first-order chi connectivity index (χ1) is 10.7. The van der Waals surface area contributed by atoms with Crippen molar-refractivity contribution in [2.75, 3.05) is 25.2 Å². The highest BCUT2D eigenvalue weighted by Crippen LogP contribution is 2.21. The van der Waals surface area contributed by atoms with E-state index in [1.54, 1.807) is 0 Å². The molecule has 0 amide bonds. The number of carbonyl (C=O) groups excluding carboxylic acids is 1. The molecule has 1 atom stereocenters. The maximum atomic E-state index is 11.6. The van der Waals surface area contributed by atoms with Crippen molar-refractivity contribution in [3.05, 3.63) is 35.8 Å². The molecule has 0 bridgehead atoms. The number of thioether (sulfide) groups is 1. The number of pyridine rings is 1. The highest BCUT2D eigenvalue weighted by atomic mass is 32.2. The van der Waals surface area contributed by atoms with Gasteiger partial charge in [-0.15, -0.1) is 0 Å². The Labute approximate surface area is 134 Å². The first kappa shape index (κ1) is 15.4. The average Bonchev–Trinajstić information content (AvgIpc) is 2.93. The second kappa shape index (κ2) is 6.71. The van der Waals surface area contributed by atoms with Crippen molar-refractivity contribution in [3.8, 4) is 0 Å². The number of imidazole rings is 1. The van der Waals surface area contributed by atoms with Crippen LogP contribution in [-0.2, 0) is 16.1 Å². The molecule has 1 aliphatic rings. The number of aromatic nitrogens is 2. The molecule has 118 valence electrons. The number of rotatable bonds is 4. The van der Waals surface area contributed by atoms with Crippen LogP contribution < -0.4 is 0 Å². The van der Waals surface area contributed by atoms with E-state index in [-0.39, 0.29) is 12.0 Å². The van der Waals surface area contributed by atoms with Gasteiger partial charge in [-0.1, -0.05) is 6.07 Å².